The van der Waals surface area contributed by atoms with E-state index in [1.54, 1.807) is 0 Å². The summed E-state index contributed by atoms with van der Waals surface area (Å²) >= 11 is 0.927. The standard InChI is InChI=1S/C19H16F3NO2S/c20-13-6-4-12(5-7-13)18(24)23-10-2-1-3-16(19(23)25)26-17-11-14(21)8-9-15(17)22/h4-9,11,16H,1-3,10H2/t16-/m0/s1. The summed E-state index contributed by atoms with van der Waals surface area (Å²) in [6.07, 6.45) is 1.78. The number of likely N-dealkylation sites (tertiary alicyclic amines) is 1. The number of thioether (sulfide) groups is 1. The van der Waals surface area contributed by atoms with Crippen molar-refractivity contribution < 1.29 is 22.8 Å². The van der Waals surface area contributed by atoms with Crippen molar-refractivity contribution in [2.75, 3.05) is 6.54 Å². The SMILES string of the molecule is O=C(c1ccc(F)cc1)N1CCCC[C@H](Sc2cc(F)ccc2F)C1=O. The van der Waals surface area contributed by atoms with Crippen LogP contribution in [0.5, 0.6) is 0 Å². The fourth-order valence-corrected chi connectivity index (χ4v) is 3.97. The zero-order valence-electron chi connectivity index (χ0n) is 13.8. The van der Waals surface area contributed by atoms with E-state index in [1.807, 2.05) is 0 Å². The van der Waals surface area contributed by atoms with Crippen LogP contribution < -0.4 is 0 Å². The van der Waals surface area contributed by atoms with Crippen molar-refractivity contribution in [2.45, 2.75) is 29.4 Å². The van der Waals surface area contributed by atoms with E-state index in [0.29, 0.717) is 19.3 Å². The normalized spacial score (nSPS) is 17.9. The number of carbonyl (C=O) groups is 2. The highest BCUT2D eigenvalue weighted by Crippen LogP contribution is 2.32. The number of amides is 2. The molecule has 0 saturated carbocycles. The van der Waals surface area contributed by atoms with Gasteiger partial charge in [0.15, 0.2) is 0 Å². The summed E-state index contributed by atoms with van der Waals surface area (Å²) in [5, 5.41) is -0.682. The molecular formula is C19H16F3NO2S. The van der Waals surface area contributed by atoms with Gasteiger partial charge in [-0.2, -0.15) is 0 Å². The van der Waals surface area contributed by atoms with Gasteiger partial charge in [0.2, 0.25) is 5.91 Å². The van der Waals surface area contributed by atoms with Gasteiger partial charge in [-0.15, -0.1) is 11.8 Å². The van der Waals surface area contributed by atoms with Crippen molar-refractivity contribution in [3.63, 3.8) is 0 Å². The summed E-state index contributed by atoms with van der Waals surface area (Å²) in [5.41, 5.74) is 0.210. The number of carbonyl (C=O) groups excluding carboxylic acids is 2. The number of hydrogen-bond acceptors (Lipinski definition) is 3. The highest BCUT2D eigenvalue weighted by Gasteiger charge is 2.32. The molecule has 1 saturated heterocycles. The molecule has 136 valence electrons. The Hall–Kier alpha value is -2.28. The van der Waals surface area contributed by atoms with Crippen molar-refractivity contribution in [3.05, 3.63) is 65.5 Å². The minimum Gasteiger partial charge on any atom is -0.278 e. The fourth-order valence-electron chi connectivity index (χ4n) is 2.79. The third kappa shape index (κ3) is 4.09. The summed E-state index contributed by atoms with van der Waals surface area (Å²) in [6, 6.07) is 8.03. The summed E-state index contributed by atoms with van der Waals surface area (Å²) < 4.78 is 40.3. The summed E-state index contributed by atoms with van der Waals surface area (Å²) in [5.74, 6) is -2.62. The molecule has 3 nitrogen and oxygen atoms in total. The second kappa shape index (κ2) is 7.95. The molecule has 0 radical (unpaired) electrons. The van der Waals surface area contributed by atoms with Gasteiger partial charge in [-0.05, 0) is 55.3 Å². The number of nitrogens with zero attached hydrogens (tertiary/aromatic N) is 1. The van der Waals surface area contributed by atoms with Gasteiger partial charge < -0.3 is 0 Å². The lowest BCUT2D eigenvalue weighted by molar-refractivity contribution is -0.127. The molecule has 1 fully saturated rings. The summed E-state index contributed by atoms with van der Waals surface area (Å²) in [4.78, 5) is 26.6. The van der Waals surface area contributed by atoms with Gasteiger partial charge in [0.1, 0.15) is 17.5 Å². The predicted molar refractivity (Wildman–Crippen MR) is 92.3 cm³/mol. The number of rotatable bonds is 3. The zero-order valence-corrected chi connectivity index (χ0v) is 14.6. The van der Waals surface area contributed by atoms with Crippen LogP contribution in [0, 0.1) is 17.5 Å². The van der Waals surface area contributed by atoms with Crippen molar-refractivity contribution in [1.82, 2.24) is 4.90 Å². The van der Waals surface area contributed by atoms with E-state index in [9.17, 15) is 22.8 Å². The van der Waals surface area contributed by atoms with Crippen LogP contribution in [0.4, 0.5) is 13.2 Å². The molecule has 1 heterocycles. The highest BCUT2D eigenvalue weighted by molar-refractivity contribution is 8.00. The van der Waals surface area contributed by atoms with E-state index >= 15 is 0 Å². The van der Waals surface area contributed by atoms with E-state index in [4.69, 9.17) is 0 Å². The minimum absolute atomic E-state index is 0.0411. The van der Waals surface area contributed by atoms with Gasteiger partial charge in [-0.1, -0.05) is 6.42 Å². The largest absolute Gasteiger partial charge is 0.278 e. The van der Waals surface area contributed by atoms with Gasteiger partial charge in [0.25, 0.3) is 5.91 Å². The lowest BCUT2D eigenvalue weighted by Gasteiger charge is -2.22. The van der Waals surface area contributed by atoms with Gasteiger partial charge in [0, 0.05) is 17.0 Å². The van der Waals surface area contributed by atoms with Crippen LogP contribution in [0.25, 0.3) is 0 Å². The van der Waals surface area contributed by atoms with Crippen LogP contribution in [0.2, 0.25) is 0 Å². The highest BCUT2D eigenvalue weighted by atomic mass is 32.2. The van der Waals surface area contributed by atoms with Gasteiger partial charge in [0.05, 0.1) is 5.25 Å². The van der Waals surface area contributed by atoms with Crippen molar-refractivity contribution in [1.29, 1.82) is 0 Å². The molecule has 2 aromatic carbocycles. The van der Waals surface area contributed by atoms with Gasteiger partial charge >= 0.3 is 0 Å². The van der Waals surface area contributed by atoms with Crippen molar-refractivity contribution in [3.8, 4) is 0 Å². The van der Waals surface area contributed by atoms with E-state index in [2.05, 4.69) is 0 Å². The number of imide groups is 1. The van der Waals surface area contributed by atoms with Crippen LogP contribution in [0.3, 0.4) is 0 Å². The second-order valence-electron chi connectivity index (χ2n) is 5.98. The van der Waals surface area contributed by atoms with Crippen LogP contribution in [-0.4, -0.2) is 28.5 Å². The Bertz CT molecular complexity index is 826. The lowest BCUT2D eigenvalue weighted by atomic mass is 10.2. The van der Waals surface area contributed by atoms with Gasteiger partial charge in [-0.3, -0.25) is 14.5 Å². The molecule has 1 aliphatic rings. The molecular weight excluding hydrogens is 363 g/mol. The Balaban J connectivity index is 1.82. The third-order valence-corrected chi connectivity index (χ3v) is 5.43. The molecule has 2 aromatic rings. The Morgan fingerprint density at radius 2 is 1.69 bits per heavy atom. The Labute approximate surface area is 153 Å². The Morgan fingerprint density at radius 3 is 2.42 bits per heavy atom. The lowest BCUT2D eigenvalue weighted by Crippen LogP contribution is -2.41. The molecule has 0 N–H and O–H groups in total. The van der Waals surface area contributed by atoms with E-state index in [0.717, 1.165) is 47.0 Å². The quantitative estimate of drug-likeness (QED) is 0.741. The first-order valence-corrected chi connectivity index (χ1v) is 9.06. The third-order valence-electron chi connectivity index (χ3n) is 4.14. The van der Waals surface area contributed by atoms with E-state index < -0.39 is 34.5 Å². The summed E-state index contributed by atoms with van der Waals surface area (Å²) in [7, 11) is 0. The van der Waals surface area contributed by atoms with Crippen LogP contribution in [0.1, 0.15) is 29.6 Å². The molecule has 1 aliphatic heterocycles. The predicted octanol–water partition coefficient (Wildman–Crippen LogP) is 4.42. The maximum absolute atomic E-state index is 13.9. The first-order valence-electron chi connectivity index (χ1n) is 8.18. The first kappa shape index (κ1) is 18.5. The molecule has 0 spiro atoms. The molecule has 26 heavy (non-hydrogen) atoms. The average molecular weight is 379 g/mol. The van der Waals surface area contributed by atoms with Gasteiger partial charge in [-0.25, -0.2) is 13.2 Å². The molecule has 1 atom stereocenters. The van der Waals surface area contributed by atoms with E-state index in [1.165, 1.54) is 12.1 Å². The van der Waals surface area contributed by atoms with Crippen LogP contribution in [-0.2, 0) is 4.79 Å². The molecule has 0 bridgehead atoms. The molecule has 0 unspecified atom stereocenters. The molecule has 0 aromatic heterocycles. The first-order chi connectivity index (χ1) is 12.5. The molecule has 3 rings (SSSR count). The zero-order chi connectivity index (χ0) is 18.7. The topological polar surface area (TPSA) is 37.4 Å². The molecule has 2 amide bonds. The minimum atomic E-state index is -0.682. The van der Waals surface area contributed by atoms with Crippen LogP contribution in [0.15, 0.2) is 47.4 Å². The molecule has 7 heteroatoms. The van der Waals surface area contributed by atoms with Crippen molar-refractivity contribution in [2.24, 2.45) is 0 Å². The number of halogens is 3. The van der Waals surface area contributed by atoms with Crippen molar-refractivity contribution >= 4 is 23.6 Å². The average Bonchev–Trinajstić information content (AvgIpc) is 2.80. The Kier molecular flexibility index (Phi) is 5.66. The maximum atomic E-state index is 13.9. The fraction of sp³-hybridized carbons (Fsp3) is 0.263. The number of hydrogen-bond donors (Lipinski definition) is 0. The smallest absolute Gasteiger partial charge is 0.260 e. The Morgan fingerprint density at radius 1 is 1.00 bits per heavy atom. The summed E-state index contributed by atoms with van der Waals surface area (Å²) in [6.45, 7) is 0.248. The van der Waals surface area contributed by atoms with Crippen LogP contribution >= 0.6 is 11.8 Å². The van der Waals surface area contributed by atoms with E-state index in [-0.39, 0.29) is 17.0 Å². The monoisotopic (exact) mass is 379 g/mol. The molecule has 0 aliphatic carbocycles. The maximum Gasteiger partial charge on any atom is 0.260 e. The second-order valence-corrected chi connectivity index (χ2v) is 7.22. The number of benzene rings is 2.